The van der Waals surface area contributed by atoms with Crippen molar-refractivity contribution < 1.29 is 14.8 Å². The van der Waals surface area contributed by atoms with E-state index < -0.39 is 4.92 Å². The van der Waals surface area contributed by atoms with Gasteiger partial charge in [0.05, 0.1) is 11.0 Å². The van der Waals surface area contributed by atoms with Crippen LogP contribution in [0, 0.1) is 10.1 Å². The Bertz CT molecular complexity index is 836. The lowest BCUT2D eigenvalue weighted by atomic mass is 9.96. The summed E-state index contributed by atoms with van der Waals surface area (Å²) in [5, 5.41) is 20.7. The van der Waals surface area contributed by atoms with E-state index in [2.05, 4.69) is 4.98 Å². The number of nitrogens with zero attached hydrogens (tertiary/aromatic N) is 3. The molecule has 0 bridgehead atoms. The minimum atomic E-state index is -0.540. The predicted octanol–water partition coefficient (Wildman–Crippen LogP) is 3.46. The molecule has 1 atom stereocenters. The van der Waals surface area contributed by atoms with Gasteiger partial charge in [0.25, 0.3) is 5.69 Å². The minimum absolute atomic E-state index is 0.0340. The molecule has 1 aromatic carbocycles. The highest BCUT2D eigenvalue weighted by molar-refractivity contribution is 5.92. The second-order valence-corrected chi connectivity index (χ2v) is 6.16. The van der Waals surface area contributed by atoms with Crippen molar-refractivity contribution >= 4 is 17.7 Å². The highest BCUT2D eigenvalue weighted by Gasteiger charge is 2.26. The maximum absolute atomic E-state index is 12.7. The van der Waals surface area contributed by atoms with Crippen LogP contribution in [0.15, 0.2) is 48.8 Å². The Hall–Kier alpha value is -3.22. The molecule has 1 amide bonds. The minimum Gasteiger partial charge on any atom is -0.507 e. The number of aromatic hydroxyl groups is 1. The number of nitro benzene ring substituents is 1. The SMILES string of the molecule is O=C(/C=C/c1cc([N+](=O)[O-])ccc1O)N1CCCCC1c1cccnc1. The molecule has 1 aliphatic heterocycles. The quantitative estimate of drug-likeness (QED) is 0.516. The summed E-state index contributed by atoms with van der Waals surface area (Å²) in [4.78, 5) is 28.9. The van der Waals surface area contributed by atoms with Crippen LogP contribution in [0.25, 0.3) is 6.08 Å². The summed E-state index contributed by atoms with van der Waals surface area (Å²) >= 11 is 0. The standard InChI is InChI=1S/C19H19N3O4/c23-18-8-7-16(22(25)26)12-14(18)6-9-19(24)21-11-2-1-5-17(21)15-4-3-10-20-13-15/h3-4,6-10,12-13,17,23H,1-2,5,11H2/b9-6+. The molecule has 0 spiro atoms. The van der Waals surface area contributed by atoms with Gasteiger partial charge in [0.15, 0.2) is 0 Å². The molecule has 7 nitrogen and oxygen atoms in total. The molecule has 1 fully saturated rings. The number of aromatic nitrogens is 1. The van der Waals surface area contributed by atoms with E-state index in [0.717, 1.165) is 24.8 Å². The number of phenols is 1. The number of carbonyl (C=O) groups is 1. The number of phenolic OH excluding ortho intramolecular Hbond substituents is 1. The van der Waals surface area contributed by atoms with Gasteiger partial charge in [0, 0.05) is 42.7 Å². The summed E-state index contributed by atoms with van der Waals surface area (Å²) in [7, 11) is 0. The van der Waals surface area contributed by atoms with Crippen molar-refractivity contribution in [1.82, 2.24) is 9.88 Å². The molecule has 7 heteroatoms. The van der Waals surface area contributed by atoms with E-state index in [1.54, 1.807) is 17.3 Å². The molecule has 26 heavy (non-hydrogen) atoms. The van der Waals surface area contributed by atoms with E-state index in [-0.39, 0.29) is 28.9 Å². The van der Waals surface area contributed by atoms with E-state index in [1.807, 2.05) is 12.1 Å². The smallest absolute Gasteiger partial charge is 0.270 e. The van der Waals surface area contributed by atoms with E-state index in [4.69, 9.17) is 0 Å². The number of likely N-dealkylation sites (tertiary alicyclic amines) is 1. The van der Waals surface area contributed by atoms with Gasteiger partial charge in [-0.25, -0.2) is 0 Å². The van der Waals surface area contributed by atoms with Crippen LogP contribution in [0.2, 0.25) is 0 Å². The lowest BCUT2D eigenvalue weighted by Gasteiger charge is -2.35. The van der Waals surface area contributed by atoms with Crippen molar-refractivity contribution in [3.05, 3.63) is 70.0 Å². The zero-order valence-electron chi connectivity index (χ0n) is 14.1. The number of pyridine rings is 1. The summed E-state index contributed by atoms with van der Waals surface area (Å²) in [5.74, 6) is -0.299. The Labute approximate surface area is 150 Å². The van der Waals surface area contributed by atoms with Gasteiger partial charge >= 0.3 is 0 Å². The summed E-state index contributed by atoms with van der Waals surface area (Å²) in [6, 6.07) is 7.49. The number of non-ortho nitro benzene ring substituents is 1. The van der Waals surface area contributed by atoms with Gasteiger partial charge in [-0.2, -0.15) is 0 Å². The number of benzene rings is 1. The molecule has 1 saturated heterocycles. The highest BCUT2D eigenvalue weighted by Crippen LogP contribution is 2.31. The molecule has 2 aromatic rings. The molecule has 0 aliphatic carbocycles. The number of carbonyl (C=O) groups excluding carboxylic acids is 1. The third-order valence-corrected chi connectivity index (χ3v) is 4.48. The van der Waals surface area contributed by atoms with E-state index >= 15 is 0 Å². The van der Waals surface area contributed by atoms with Crippen LogP contribution in [0.3, 0.4) is 0 Å². The van der Waals surface area contributed by atoms with Crippen LogP contribution < -0.4 is 0 Å². The Morgan fingerprint density at radius 2 is 2.19 bits per heavy atom. The van der Waals surface area contributed by atoms with Crippen molar-refractivity contribution in [2.45, 2.75) is 25.3 Å². The van der Waals surface area contributed by atoms with Crippen molar-refractivity contribution in [1.29, 1.82) is 0 Å². The number of amides is 1. The van der Waals surface area contributed by atoms with Crippen LogP contribution in [-0.2, 0) is 4.79 Å². The van der Waals surface area contributed by atoms with Gasteiger partial charge in [0.2, 0.25) is 5.91 Å². The Morgan fingerprint density at radius 1 is 1.35 bits per heavy atom. The van der Waals surface area contributed by atoms with Crippen molar-refractivity contribution in [3.63, 3.8) is 0 Å². The molecular formula is C19H19N3O4. The van der Waals surface area contributed by atoms with Gasteiger partial charge in [-0.1, -0.05) is 6.07 Å². The first-order chi connectivity index (χ1) is 12.6. The van der Waals surface area contributed by atoms with Gasteiger partial charge in [-0.3, -0.25) is 19.9 Å². The second-order valence-electron chi connectivity index (χ2n) is 6.16. The van der Waals surface area contributed by atoms with Crippen LogP contribution in [0.4, 0.5) is 5.69 Å². The Kier molecular flexibility index (Phi) is 5.26. The van der Waals surface area contributed by atoms with Crippen molar-refractivity contribution in [2.75, 3.05) is 6.54 Å². The van der Waals surface area contributed by atoms with Gasteiger partial charge in [0.1, 0.15) is 5.75 Å². The maximum atomic E-state index is 12.7. The molecular weight excluding hydrogens is 334 g/mol. The van der Waals surface area contributed by atoms with Gasteiger partial charge in [-0.05, 0) is 43.0 Å². The molecule has 1 unspecified atom stereocenters. The zero-order valence-corrected chi connectivity index (χ0v) is 14.1. The highest BCUT2D eigenvalue weighted by atomic mass is 16.6. The lowest BCUT2D eigenvalue weighted by molar-refractivity contribution is -0.384. The van der Waals surface area contributed by atoms with E-state index in [9.17, 15) is 20.0 Å². The second kappa shape index (κ2) is 7.77. The molecule has 1 aliphatic rings. The predicted molar refractivity (Wildman–Crippen MR) is 96.3 cm³/mol. The van der Waals surface area contributed by atoms with Crippen LogP contribution in [-0.4, -0.2) is 32.4 Å². The molecule has 0 radical (unpaired) electrons. The average molecular weight is 353 g/mol. The van der Waals surface area contributed by atoms with Crippen LogP contribution in [0.1, 0.15) is 36.4 Å². The molecule has 0 saturated carbocycles. The number of piperidine rings is 1. The third-order valence-electron chi connectivity index (χ3n) is 4.48. The molecule has 1 aromatic heterocycles. The fourth-order valence-electron chi connectivity index (χ4n) is 3.16. The van der Waals surface area contributed by atoms with Gasteiger partial charge < -0.3 is 10.0 Å². The van der Waals surface area contributed by atoms with Crippen molar-refractivity contribution in [2.24, 2.45) is 0 Å². The Morgan fingerprint density at radius 3 is 2.92 bits per heavy atom. The topological polar surface area (TPSA) is 96.6 Å². The fourth-order valence-corrected chi connectivity index (χ4v) is 3.16. The lowest BCUT2D eigenvalue weighted by Crippen LogP contribution is -2.37. The Balaban J connectivity index is 1.81. The summed E-state index contributed by atoms with van der Waals surface area (Å²) in [6.07, 6.45) is 9.08. The molecule has 3 rings (SSSR count). The zero-order chi connectivity index (χ0) is 18.5. The van der Waals surface area contributed by atoms with Crippen LogP contribution >= 0.6 is 0 Å². The average Bonchev–Trinajstić information content (AvgIpc) is 2.67. The first kappa shape index (κ1) is 17.6. The summed E-state index contributed by atoms with van der Waals surface area (Å²) in [6.45, 7) is 0.643. The monoisotopic (exact) mass is 353 g/mol. The molecule has 134 valence electrons. The first-order valence-corrected chi connectivity index (χ1v) is 8.42. The number of hydrogen-bond acceptors (Lipinski definition) is 5. The van der Waals surface area contributed by atoms with Crippen molar-refractivity contribution in [3.8, 4) is 5.75 Å². The first-order valence-electron chi connectivity index (χ1n) is 8.42. The summed E-state index contributed by atoms with van der Waals surface area (Å²) in [5.41, 5.74) is 1.09. The normalized spacial score (nSPS) is 17.4. The maximum Gasteiger partial charge on any atom is 0.270 e. The largest absolute Gasteiger partial charge is 0.507 e. The fraction of sp³-hybridized carbons (Fsp3) is 0.263. The van der Waals surface area contributed by atoms with E-state index in [0.29, 0.717) is 6.54 Å². The molecule has 1 N–H and O–H groups in total. The van der Waals surface area contributed by atoms with E-state index in [1.165, 1.54) is 30.4 Å². The summed E-state index contributed by atoms with van der Waals surface area (Å²) < 4.78 is 0. The third kappa shape index (κ3) is 3.88. The van der Waals surface area contributed by atoms with Crippen LogP contribution in [0.5, 0.6) is 5.75 Å². The molecule has 2 heterocycles. The number of nitro groups is 1. The number of hydrogen-bond donors (Lipinski definition) is 1. The van der Waals surface area contributed by atoms with Gasteiger partial charge in [-0.15, -0.1) is 0 Å². The number of rotatable bonds is 4.